The van der Waals surface area contributed by atoms with Crippen molar-refractivity contribution in [3.63, 3.8) is 0 Å². The summed E-state index contributed by atoms with van der Waals surface area (Å²) < 4.78 is 6.40. The average Bonchev–Trinajstić information content (AvgIpc) is 2.46. The lowest BCUT2D eigenvalue weighted by atomic mass is 10.1. The normalized spacial score (nSPS) is 10.4. The van der Waals surface area contributed by atoms with Crippen molar-refractivity contribution in [3.8, 4) is 0 Å². The first-order chi connectivity index (χ1) is 10.1. The quantitative estimate of drug-likeness (QED) is 0.812. The number of halogens is 1. The summed E-state index contributed by atoms with van der Waals surface area (Å²) in [7, 11) is 0. The summed E-state index contributed by atoms with van der Waals surface area (Å²) >= 11 is 3.44. The highest BCUT2D eigenvalue weighted by molar-refractivity contribution is 9.10. The SMILES string of the molecule is Cc1c(N)cccc1NC(=O)COCc1ccccc1Br. The zero-order chi connectivity index (χ0) is 15.2. The van der Waals surface area contributed by atoms with Crippen LogP contribution in [-0.2, 0) is 16.1 Å². The van der Waals surface area contributed by atoms with Gasteiger partial charge in [0.25, 0.3) is 0 Å². The van der Waals surface area contributed by atoms with Gasteiger partial charge in [0.2, 0.25) is 5.91 Å². The number of amides is 1. The molecule has 0 saturated carbocycles. The van der Waals surface area contributed by atoms with Gasteiger partial charge in [-0.25, -0.2) is 0 Å². The van der Waals surface area contributed by atoms with E-state index >= 15 is 0 Å². The molecule has 0 radical (unpaired) electrons. The summed E-state index contributed by atoms with van der Waals surface area (Å²) in [6, 6.07) is 13.2. The molecule has 0 aliphatic heterocycles. The maximum Gasteiger partial charge on any atom is 0.250 e. The summed E-state index contributed by atoms with van der Waals surface area (Å²) in [6.07, 6.45) is 0. The van der Waals surface area contributed by atoms with Gasteiger partial charge < -0.3 is 15.8 Å². The smallest absolute Gasteiger partial charge is 0.250 e. The third-order valence-electron chi connectivity index (χ3n) is 3.10. The predicted octanol–water partition coefficient (Wildman–Crippen LogP) is 3.50. The van der Waals surface area contributed by atoms with E-state index in [4.69, 9.17) is 10.5 Å². The maximum atomic E-state index is 11.9. The third kappa shape index (κ3) is 4.31. The van der Waals surface area contributed by atoms with E-state index < -0.39 is 0 Å². The van der Waals surface area contributed by atoms with Crippen LogP contribution in [0, 0.1) is 6.92 Å². The van der Waals surface area contributed by atoms with Crippen molar-refractivity contribution in [1.82, 2.24) is 0 Å². The fourth-order valence-electron chi connectivity index (χ4n) is 1.84. The molecule has 5 heteroatoms. The molecule has 0 atom stereocenters. The molecule has 0 bridgehead atoms. The minimum absolute atomic E-state index is 0.00439. The number of hydrogen-bond donors (Lipinski definition) is 2. The van der Waals surface area contributed by atoms with Crippen LogP contribution in [-0.4, -0.2) is 12.5 Å². The largest absolute Gasteiger partial charge is 0.398 e. The van der Waals surface area contributed by atoms with Crippen LogP contribution >= 0.6 is 15.9 Å². The summed E-state index contributed by atoms with van der Waals surface area (Å²) in [5, 5.41) is 2.80. The Balaban J connectivity index is 1.85. The molecular formula is C16H17BrN2O2. The minimum atomic E-state index is -0.198. The Morgan fingerprint density at radius 3 is 2.76 bits per heavy atom. The number of rotatable bonds is 5. The number of anilines is 2. The Morgan fingerprint density at radius 2 is 2.00 bits per heavy atom. The van der Waals surface area contributed by atoms with Crippen LogP contribution in [0.1, 0.15) is 11.1 Å². The van der Waals surface area contributed by atoms with Crippen LogP contribution in [0.2, 0.25) is 0 Å². The van der Waals surface area contributed by atoms with Crippen molar-refractivity contribution >= 4 is 33.2 Å². The number of ether oxygens (including phenoxy) is 1. The zero-order valence-electron chi connectivity index (χ0n) is 11.7. The van der Waals surface area contributed by atoms with E-state index in [2.05, 4.69) is 21.2 Å². The first kappa shape index (κ1) is 15.5. The Morgan fingerprint density at radius 1 is 1.24 bits per heavy atom. The summed E-state index contributed by atoms with van der Waals surface area (Å²) in [6.45, 7) is 2.24. The average molecular weight is 349 g/mol. The second-order valence-electron chi connectivity index (χ2n) is 4.65. The van der Waals surface area contributed by atoms with E-state index in [1.54, 1.807) is 12.1 Å². The van der Waals surface area contributed by atoms with E-state index in [1.165, 1.54) is 0 Å². The highest BCUT2D eigenvalue weighted by Crippen LogP contribution is 2.20. The number of nitrogens with one attached hydrogen (secondary N) is 1. The van der Waals surface area contributed by atoms with E-state index in [-0.39, 0.29) is 12.5 Å². The Bertz CT molecular complexity index is 644. The molecular weight excluding hydrogens is 332 g/mol. The molecule has 0 fully saturated rings. The maximum absolute atomic E-state index is 11.9. The molecule has 4 nitrogen and oxygen atoms in total. The lowest BCUT2D eigenvalue weighted by Crippen LogP contribution is -2.19. The van der Waals surface area contributed by atoms with Gasteiger partial charge in [-0.05, 0) is 36.2 Å². The molecule has 21 heavy (non-hydrogen) atoms. The molecule has 2 rings (SSSR count). The van der Waals surface area contributed by atoms with Crippen molar-refractivity contribution in [2.75, 3.05) is 17.7 Å². The fraction of sp³-hybridized carbons (Fsp3) is 0.188. The number of nitrogen functional groups attached to an aromatic ring is 1. The molecule has 2 aromatic rings. The molecule has 0 saturated heterocycles. The van der Waals surface area contributed by atoms with Gasteiger partial charge in [-0.15, -0.1) is 0 Å². The molecule has 0 aromatic heterocycles. The van der Waals surface area contributed by atoms with Gasteiger partial charge in [0.15, 0.2) is 0 Å². The molecule has 0 aliphatic carbocycles. The van der Waals surface area contributed by atoms with Gasteiger partial charge in [-0.2, -0.15) is 0 Å². The second-order valence-corrected chi connectivity index (χ2v) is 5.51. The van der Waals surface area contributed by atoms with Crippen molar-refractivity contribution in [2.45, 2.75) is 13.5 Å². The molecule has 0 aliphatic rings. The van der Waals surface area contributed by atoms with Crippen LogP contribution in [0.15, 0.2) is 46.9 Å². The Labute approximate surface area is 132 Å². The molecule has 0 spiro atoms. The molecule has 110 valence electrons. The summed E-state index contributed by atoms with van der Waals surface area (Å²) in [4.78, 5) is 11.9. The molecule has 3 N–H and O–H groups in total. The number of carbonyl (C=O) groups is 1. The van der Waals surface area contributed by atoms with E-state index in [1.807, 2.05) is 37.3 Å². The van der Waals surface area contributed by atoms with Gasteiger partial charge in [0.05, 0.1) is 6.61 Å². The molecule has 1 amide bonds. The Kier molecular flexibility index (Phi) is 5.36. The van der Waals surface area contributed by atoms with Crippen LogP contribution in [0.3, 0.4) is 0 Å². The van der Waals surface area contributed by atoms with Crippen LogP contribution < -0.4 is 11.1 Å². The van der Waals surface area contributed by atoms with E-state index in [0.717, 1.165) is 15.6 Å². The molecule has 0 unspecified atom stereocenters. The van der Waals surface area contributed by atoms with Crippen molar-refractivity contribution in [3.05, 3.63) is 58.1 Å². The second kappa shape index (κ2) is 7.24. The monoisotopic (exact) mass is 348 g/mol. The number of benzene rings is 2. The first-order valence-corrected chi connectivity index (χ1v) is 7.33. The topological polar surface area (TPSA) is 64.3 Å². The highest BCUT2D eigenvalue weighted by Gasteiger charge is 2.07. The van der Waals surface area contributed by atoms with E-state index in [9.17, 15) is 4.79 Å². The van der Waals surface area contributed by atoms with Crippen molar-refractivity contribution < 1.29 is 9.53 Å². The molecule has 2 aromatic carbocycles. The summed E-state index contributed by atoms with van der Waals surface area (Å²) in [5.74, 6) is -0.198. The van der Waals surface area contributed by atoms with Gasteiger partial charge in [0, 0.05) is 15.8 Å². The van der Waals surface area contributed by atoms with Gasteiger partial charge in [0.1, 0.15) is 6.61 Å². The summed E-state index contributed by atoms with van der Waals surface area (Å²) in [5.41, 5.74) is 9.03. The first-order valence-electron chi connectivity index (χ1n) is 6.54. The predicted molar refractivity (Wildman–Crippen MR) is 88.0 cm³/mol. The molecule has 0 heterocycles. The van der Waals surface area contributed by atoms with Crippen molar-refractivity contribution in [2.24, 2.45) is 0 Å². The van der Waals surface area contributed by atoms with E-state index in [0.29, 0.717) is 18.0 Å². The van der Waals surface area contributed by atoms with Crippen LogP contribution in [0.25, 0.3) is 0 Å². The highest BCUT2D eigenvalue weighted by atomic mass is 79.9. The number of nitrogens with two attached hydrogens (primary N) is 1. The van der Waals surface area contributed by atoms with Gasteiger partial charge in [-0.1, -0.05) is 40.2 Å². The lowest BCUT2D eigenvalue weighted by Gasteiger charge is -2.10. The fourth-order valence-corrected chi connectivity index (χ4v) is 2.24. The minimum Gasteiger partial charge on any atom is -0.398 e. The third-order valence-corrected chi connectivity index (χ3v) is 3.87. The van der Waals surface area contributed by atoms with Gasteiger partial charge >= 0.3 is 0 Å². The number of carbonyl (C=O) groups excluding carboxylic acids is 1. The van der Waals surface area contributed by atoms with Crippen molar-refractivity contribution in [1.29, 1.82) is 0 Å². The number of hydrogen-bond acceptors (Lipinski definition) is 3. The lowest BCUT2D eigenvalue weighted by molar-refractivity contribution is -0.121. The standard InChI is InChI=1S/C16H17BrN2O2/c1-11-14(18)7-4-8-15(11)19-16(20)10-21-9-12-5-2-3-6-13(12)17/h2-8H,9-10,18H2,1H3,(H,19,20). The Hall–Kier alpha value is -1.85. The van der Waals surface area contributed by atoms with Crippen LogP contribution in [0.4, 0.5) is 11.4 Å². The van der Waals surface area contributed by atoms with Gasteiger partial charge in [-0.3, -0.25) is 4.79 Å². The van der Waals surface area contributed by atoms with Crippen LogP contribution in [0.5, 0.6) is 0 Å². The zero-order valence-corrected chi connectivity index (χ0v) is 13.3.